The lowest BCUT2D eigenvalue weighted by Gasteiger charge is -2.14. The summed E-state index contributed by atoms with van der Waals surface area (Å²) in [5.41, 5.74) is 3.61. The number of aromatic nitrogens is 3. The molecule has 0 radical (unpaired) electrons. The van der Waals surface area contributed by atoms with Crippen LogP contribution in [0.5, 0.6) is 5.75 Å². The van der Waals surface area contributed by atoms with Gasteiger partial charge in [-0.15, -0.1) is 10.2 Å². The molecule has 0 spiro atoms. The molecule has 0 unspecified atom stereocenters. The highest BCUT2D eigenvalue weighted by molar-refractivity contribution is 7.98. The van der Waals surface area contributed by atoms with E-state index in [0.29, 0.717) is 22.2 Å². The largest absolute Gasteiger partial charge is 0.497 e. The van der Waals surface area contributed by atoms with Crippen molar-refractivity contribution in [2.45, 2.75) is 24.4 Å². The van der Waals surface area contributed by atoms with Crippen LogP contribution in [0.25, 0.3) is 5.69 Å². The van der Waals surface area contributed by atoms with Crippen molar-refractivity contribution in [1.82, 2.24) is 20.1 Å². The van der Waals surface area contributed by atoms with Gasteiger partial charge in [0.15, 0.2) is 11.0 Å². The fourth-order valence-electron chi connectivity index (χ4n) is 3.32. The molecule has 0 aliphatic rings. The highest BCUT2D eigenvalue weighted by Gasteiger charge is 2.18. The van der Waals surface area contributed by atoms with Crippen molar-refractivity contribution in [2.24, 2.45) is 0 Å². The van der Waals surface area contributed by atoms with Gasteiger partial charge in [0.05, 0.1) is 19.3 Å². The van der Waals surface area contributed by atoms with E-state index in [9.17, 15) is 4.79 Å². The monoisotopic (exact) mass is 478 g/mol. The quantitative estimate of drug-likeness (QED) is 0.340. The summed E-state index contributed by atoms with van der Waals surface area (Å²) in [5.74, 6) is 1.77. The molecule has 0 aliphatic heterocycles. The number of carbonyl (C=O) groups excluding carboxylic acids is 1. The van der Waals surface area contributed by atoms with Crippen molar-refractivity contribution < 1.29 is 9.53 Å². The number of thioether (sulfide) groups is 1. The number of aryl methyl sites for hydroxylation is 1. The Balaban J connectivity index is 1.61. The lowest BCUT2D eigenvalue weighted by molar-refractivity contribution is 0.0949. The van der Waals surface area contributed by atoms with Crippen molar-refractivity contribution in [3.05, 3.63) is 100 Å². The molecule has 0 bridgehead atoms. The van der Waals surface area contributed by atoms with Crippen LogP contribution in [-0.4, -0.2) is 27.8 Å². The molecule has 4 rings (SSSR count). The lowest BCUT2D eigenvalue weighted by atomic mass is 10.2. The highest BCUT2D eigenvalue weighted by atomic mass is 35.5. The first-order valence-electron chi connectivity index (χ1n) is 10.3. The molecule has 8 heteroatoms. The number of nitrogens with one attached hydrogen (secondary N) is 1. The topological polar surface area (TPSA) is 69.0 Å². The van der Waals surface area contributed by atoms with Gasteiger partial charge in [-0.25, -0.2) is 0 Å². The van der Waals surface area contributed by atoms with Gasteiger partial charge in [0.2, 0.25) is 0 Å². The molecule has 0 atom stereocenters. The minimum Gasteiger partial charge on any atom is -0.497 e. The van der Waals surface area contributed by atoms with Crippen molar-refractivity contribution in [2.75, 3.05) is 7.11 Å². The minimum atomic E-state index is -0.218. The summed E-state index contributed by atoms with van der Waals surface area (Å²) in [6.45, 7) is 2.22. The first kappa shape index (κ1) is 22.9. The van der Waals surface area contributed by atoms with Crippen LogP contribution in [0.2, 0.25) is 5.02 Å². The van der Waals surface area contributed by atoms with Crippen LogP contribution in [0.15, 0.2) is 78.0 Å². The van der Waals surface area contributed by atoms with Crippen LogP contribution < -0.4 is 10.1 Å². The van der Waals surface area contributed by atoms with E-state index in [1.807, 2.05) is 47.9 Å². The highest BCUT2D eigenvalue weighted by Crippen LogP contribution is 2.28. The maximum Gasteiger partial charge on any atom is 0.251 e. The van der Waals surface area contributed by atoms with E-state index in [2.05, 4.69) is 27.6 Å². The second-order valence-electron chi connectivity index (χ2n) is 7.35. The molecule has 0 fully saturated rings. The third-order valence-corrected chi connectivity index (χ3v) is 6.30. The van der Waals surface area contributed by atoms with Gasteiger partial charge in [-0.3, -0.25) is 9.36 Å². The number of hydrogen-bond donors (Lipinski definition) is 1. The fourth-order valence-corrected chi connectivity index (χ4v) is 4.41. The van der Waals surface area contributed by atoms with Gasteiger partial charge in [0.1, 0.15) is 5.75 Å². The molecule has 1 amide bonds. The normalized spacial score (nSPS) is 10.8. The third-order valence-electron chi connectivity index (χ3n) is 5.06. The maximum atomic E-state index is 12.7. The van der Waals surface area contributed by atoms with Gasteiger partial charge in [-0.1, -0.05) is 65.8 Å². The van der Waals surface area contributed by atoms with Crippen LogP contribution in [0.3, 0.4) is 0 Å². The maximum absolute atomic E-state index is 12.7. The average molecular weight is 479 g/mol. The Kier molecular flexibility index (Phi) is 7.32. The van der Waals surface area contributed by atoms with E-state index >= 15 is 0 Å². The van der Waals surface area contributed by atoms with Crippen LogP contribution >= 0.6 is 23.4 Å². The Morgan fingerprint density at radius 3 is 2.67 bits per heavy atom. The zero-order valence-electron chi connectivity index (χ0n) is 18.3. The van der Waals surface area contributed by atoms with Crippen molar-refractivity contribution >= 4 is 29.3 Å². The number of carbonyl (C=O) groups is 1. The van der Waals surface area contributed by atoms with Crippen molar-refractivity contribution in [3.63, 3.8) is 0 Å². The number of benzene rings is 3. The number of methoxy groups -OCH3 is 1. The van der Waals surface area contributed by atoms with Gasteiger partial charge in [0.25, 0.3) is 5.91 Å². The molecule has 0 aliphatic carbocycles. The summed E-state index contributed by atoms with van der Waals surface area (Å²) in [5, 5.41) is 13.1. The summed E-state index contributed by atoms with van der Waals surface area (Å²) in [4.78, 5) is 12.7. The smallest absolute Gasteiger partial charge is 0.251 e. The number of halogens is 1. The average Bonchev–Trinajstić information content (AvgIpc) is 3.25. The third kappa shape index (κ3) is 5.56. The van der Waals surface area contributed by atoms with E-state index in [0.717, 1.165) is 22.2 Å². The first-order valence-corrected chi connectivity index (χ1v) is 11.7. The van der Waals surface area contributed by atoms with E-state index in [1.54, 1.807) is 43.1 Å². The van der Waals surface area contributed by atoms with Crippen LogP contribution in [0, 0.1) is 6.92 Å². The Hall–Kier alpha value is -3.29. The van der Waals surface area contributed by atoms with E-state index in [4.69, 9.17) is 16.3 Å². The molecule has 1 N–H and O–H groups in total. The Morgan fingerprint density at radius 1 is 1.06 bits per heavy atom. The zero-order valence-corrected chi connectivity index (χ0v) is 19.9. The summed E-state index contributed by atoms with van der Waals surface area (Å²) in [6, 6.07) is 22.9. The molecule has 6 nitrogen and oxygen atoms in total. The molecular formula is C25H23ClN4O2S. The molecular weight excluding hydrogens is 456 g/mol. The second kappa shape index (κ2) is 10.6. The second-order valence-corrected chi connectivity index (χ2v) is 8.73. The predicted octanol–water partition coefficient (Wildman–Crippen LogP) is 5.46. The predicted molar refractivity (Wildman–Crippen MR) is 131 cm³/mol. The molecule has 168 valence electrons. The molecule has 1 aromatic heterocycles. The first-order chi connectivity index (χ1) is 16.0. The fraction of sp³-hybridized carbons (Fsp3) is 0.160. The Bertz CT molecular complexity index is 1260. The van der Waals surface area contributed by atoms with Gasteiger partial charge >= 0.3 is 0 Å². The summed E-state index contributed by atoms with van der Waals surface area (Å²) in [6.07, 6.45) is 0. The van der Waals surface area contributed by atoms with E-state index in [1.165, 1.54) is 5.56 Å². The number of rotatable bonds is 8. The van der Waals surface area contributed by atoms with Crippen molar-refractivity contribution in [3.8, 4) is 11.4 Å². The van der Waals surface area contributed by atoms with E-state index in [-0.39, 0.29) is 12.5 Å². The molecule has 0 saturated heterocycles. The van der Waals surface area contributed by atoms with Gasteiger partial charge in [-0.05, 0) is 48.4 Å². The standard InChI is InChI=1S/C25H23ClN4O2S/c1-17-11-12-20(26)14-22(17)30-23(15-27-24(31)19-9-6-10-21(13-19)32-2)28-29-25(30)33-16-18-7-4-3-5-8-18/h3-14H,15-16H2,1-2H3,(H,27,31). The number of amides is 1. The molecule has 1 heterocycles. The molecule has 0 saturated carbocycles. The van der Waals surface area contributed by atoms with Crippen LogP contribution in [0.1, 0.15) is 27.3 Å². The number of hydrogen-bond acceptors (Lipinski definition) is 5. The summed E-state index contributed by atoms with van der Waals surface area (Å²) >= 11 is 7.89. The molecule has 33 heavy (non-hydrogen) atoms. The van der Waals surface area contributed by atoms with E-state index < -0.39 is 0 Å². The minimum absolute atomic E-state index is 0.209. The molecule has 4 aromatic rings. The van der Waals surface area contributed by atoms with Gasteiger partial charge < -0.3 is 10.1 Å². The van der Waals surface area contributed by atoms with Gasteiger partial charge in [0, 0.05) is 16.3 Å². The van der Waals surface area contributed by atoms with Crippen LogP contribution in [-0.2, 0) is 12.3 Å². The Morgan fingerprint density at radius 2 is 1.88 bits per heavy atom. The number of nitrogens with zero attached hydrogens (tertiary/aromatic N) is 3. The summed E-state index contributed by atoms with van der Waals surface area (Å²) in [7, 11) is 1.57. The SMILES string of the molecule is COc1cccc(C(=O)NCc2nnc(SCc3ccccc3)n2-c2cc(Cl)ccc2C)c1. The summed E-state index contributed by atoms with van der Waals surface area (Å²) < 4.78 is 7.17. The Labute approximate surface area is 202 Å². The number of ether oxygens (including phenoxy) is 1. The molecule has 3 aromatic carbocycles. The van der Waals surface area contributed by atoms with Crippen LogP contribution in [0.4, 0.5) is 0 Å². The van der Waals surface area contributed by atoms with Crippen molar-refractivity contribution in [1.29, 1.82) is 0 Å². The van der Waals surface area contributed by atoms with Gasteiger partial charge in [-0.2, -0.15) is 0 Å². The lowest BCUT2D eigenvalue weighted by Crippen LogP contribution is -2.24. The zero-order chi connectivity index (χ0) is 23.2.